The quantitative estimate of drug-likeness (QED) is 0.366. The van der Waals surface area contributed by atoms with Gasteiger partial charge in [0.15, 0.2) is 0 Å². The Morgan fingerprint density at radius 2 is 1.84 bits per heavy atom. The fourth-order valence-corrected chi connectivity index (χ4v) is 8.37. The summed E-state index contributed by atoms with van der Waals surface area (Å²) in [5.74, 6) is -1.84. The Labute approximate surface area is 299 Å². The molecule has 51 heavy (non-hydrogen) atoms. The van der Waals surface area contributed by atoms with Crippen LogP contribution in [0.1, 0.15) is 77.7 Å². The molecule has 1 saturated heterocycles. The molecule has 2 aromatic carbocycles. The largest absolute Gasteiger partial charge is 0.488 e. The zero-order valence-electron chi connectivity index (χ0n) is 29.5. The summed E-state index contributed by atoms with van der Waals surface area (Å²) in [5.41, 5.74) is -1.40. The summed E-state index contributed by atoms with van der Waals surface area (Å²) in [6, 6.07) is 9.72. The maximum atomic E-state index is 14.5. The summed E-state index contributed by atoms with van der Waals surface area (Å²) in [7, 11) is -3.88. The van der Waals surface area contributed by atoms with Crippen molar-refractivity contribution in [3.8, 4) is 5.75 Å². The number of rotatable bonds is 6. The topological polar surface area (TPSA) is 160 Å². The minimum Gasteiger partial charge on any atom is -0.488 e. The number of allylic oxidation sites excluding steroid dienone is 1. The van der Waals surface area contributed by atoms with Gasteiger partial charge in [0.1, 0.15) is 29.5 Å². The van der Waals surface area contributed by atoms with Crippen LogP contribution in [-0.4, -0.2) is 79.3 Å². The Morgan fingerprint density at radius 1 is 1.08 bits per heavy atom. The van der Waals surface area contributed by atoms with Crippen LogP contribution in [0.25, 0.3) is 16.8 Å². The van der Waals surface area contributed by atoms with Crippen LogP contribution in [0.4, 0.5) is 4.79 Å². The molecular formula is C38H48N4O8S. The van der Waals surface area contributed by atoms with E-state index in [0.717, 1.165) is 35.6 Å². The molecule has 2 saturated carbocycles. The van der Waals surface area contributed by atoms with Crippen LogP contribution < -0.4 is 20.1 Å². The zero-order chi connectivity index (χ0) is 36.6. The minimum atomic E-state index is -3.88. The van der Waals surface area contributed by atoms with Crippen molar-refractivity contribution in [3.63, 3.8) is 0 Å². The van der Waals surface area contributed by atoms with Gasteiger partial charge in [-0.3, -0.25) is 19.1 Å². The highest BCUT2D eigenvalue weighted by atomic mass is 32.2. The molecule has 3 N–H and O–H groups in total. The number of alkyl carbamates (subject to hydrolysis) is 1. The number of hydrogen-bond donors (Lipinski definition) is 3. The van der Waals surface area contributed by atoms with Crippen molar-refractivity contribution in [1.82, 2.24) is 20.3 Å². The van der Waals surface area contributed by atoms with Gasteiger partial charge >= 0.3 is 6.09 Å². The number of fused-ring (bicyclic) bond motifs is 5. The molecule has 0 spiro atoms. The van der Waals surface area contributed by atoms with Gasteiger partial charge in [0.05, 0.1) is 18.4 Å². The summed E-state index contributed by atoms with van der Waals surface area (Å²) in [5, 5.41) is 6.98. The van der Waals surface area contributed by atoms with Crippen molar-refractivity contribution in [1.29, 1.82) is 0 Å². The van der Waals surface area contributed by atoms with Crippen LogP contribution in [0.2, 0.25) is 0 Å². The molecule has 4 aliphatic rings. The molecule has 2 aliphatic heterocycles. The molecule has 274 valence electrons. The molecular weight excluding hydrogens is 673 g/mol. The zero-order valence-corrected chi connectivity index (χ0v) is 30.3. The van der Waals surface area contributed by atoms with E-state index in [0.29, 0.717) is 25.0 Å². The van der Waals surface area contributed by atoms with Crippen molar-refractivity contribution in [2.24, 2.45) is 11.3 Å². The smallest absolute Gasteiger partial charge is 0.407 e. The lowest BCUT2D eigenvalue weighted by molar-refractivity contribution is -0.142. The highest BCUT2D eigenvalue weighted by Crippen LogP contribution is 2.45. The van der Waals surface area contributed by atoms with Gasteiger partial charge in [0.2, 0.25) is 21.8 Å². The van der Waals surface area contributed by atoms with E-state index >= 15 is 0 Å². The number of carbonyl (C=O) groups is 4. The molecule has 12 nitrogen and oxygen atoms in total. The predicted octanol–water partition coefficient (Wildman–Crippen LogP) is 4.59. The minimum absolute atomic E-state index is 0.0242. The second-order valence-corrected chi connectivity index (χ2v) is 17.2. The molecule has 0 aromatic heterocycles. The number of ether oxygens (including phenoxy) is 2. The molecule has 6 rings (SSSR count). The molecule has 13 heteroatoms. The third-order valence-electron chi connectivity index (χ3n) is 10.2. The van der Waals surface area contributed by atoms with Crippen LogP contribution in [0, 0.1) is 11.3 Å². The molecule has 2 aromatic rings. The summed E-state index contributed by atoms with van der Waals surface area (Å²) < 4.78 is 39.6. The van der Waals surface area contributed by atoms with E-state index in [4.69, 9.17) is 9.47 Å². The van der Waals surface area contributed by atoms with Crippen LogP contribution in [0.15, 0.2) is 55.1 Å². The highest BCUT2D eigenvalue weighted by molar-refractivity contribution is 7.91. The number of carbonyl (C=O) groups excluding carboxylic acids is 4. The highest BCUT2D eigenvalue weighted by Gasteiger charge is 2.62. The van der Waals surface area contributed by atoms with E-state index in [1.165, 1.54) is 11.0 Å². The maximum Gasteiger partial charge on any atom is 0.407 e. The lowest BCUT2D eigenvalue weighted by atomic mass is 9.85. The number of nitrogens with one attached hydrogen (secondary N) is 3. The SMILES string of the molecule is C=C[C@@H]1C[C@]1(NC(=O)[C@H]1C[C@@H]2CN1C(=O)[C@H](C(C)(C)C)NC(=O)OCCCCCC=Cc1c(ccc3ccccc13)O2)C(=O)NS(=O)(=O)C1CC1. The summed E-state index contributed by atoms with van der Waals surface area (Å²) in [6.07, 6.45) is 8.74. The van der Waals surface area contributed by atoms with E-state index in [-0.39, 0.29) is 26.0 Å². The molecule has 3 fully saturated rings. The first kappa shape index (κ1) is 36.4. The number of hydrogen-bond acceptors (Lipinski definition) is 8. The summed E-state index contributed by atoms with van der Waals surface area (Å²) >= 11 is 0. The van der Waals surface area contributed by atoms with E-state index in [1.54, 1.807) is 0 Å². The van der Waals surface area contributed by atoms with E-state index in [1.807, 2.05) is 63.2 Å². The van der Waals surface area contributed by atoms with Crippen LogP contribution >= 0.6 is 0 Å². The second-order valence-electron chi connectivity index (χ2n) is 15.2. The average molecular weight is 721 g/mol. The number of cyclic esters (lactones) is 1. The van der Waals surface area contributed by atoms with Crippen molar-refractivity contribution in [2.75, 3.05) is 13.2 Å². The Bertz CT molecular complexity index is 1850. The Hall–Kier alpha value is -4.39. The monoisotopic (exact) mass is 720 g/mol. The molecule has 0 radical (unpaired) electrons. The van der Waals surface area contributed by atoms with Gasteiger partial charge in [-0.1, -0.05) is 69.3 Å². The third-order valence-corrected chi connectivity index (χ3v) is 12.0. The van der Waals surface area contributed by atoms with Crippen LogP contribution in [0.5, 0.6) is 5.75 Å². The van der Waals surface area contributed by atoms with Gasteiger partial charge in [0.25, 0.3) is 5.91 Å². The first-order valence-corrected chi connectivity index (χ1v) is 19.4. The fourth-order valence-electron chi connectivity index (χ4n) is 7.01. The average Bonchev–Trinajstić information content (AvgIpc) is 4.01. The normalized spacial score (nSPS) is 27.5. The molecule has 4 amide bonds. The van der Waals surface area contributed by atoms with E-state index < -0.39 is 74.1 Å². The van der Waals surface area contributed by atoms with E-state index in [2.05, 4.69) is 28.0 Å². The van der Waals surface area contributed by atoms with Gasteiger partial charge in [0, 0.05) is 17.9 Å². The molecule has 2 heterocycles. The van der Waals surface area contributed by atoms with Crippen molar-refractivity contribution >= 4 is 50.7 Å². The van der Waals surface area contributed by atoms with Crippen LogP contribution in [-0.2, 0) is 29.1 Å². The van der Waals surface area contributed by atoms with Gasteiger partial charge in [-0.05, 0) is 67.2 Å². The van der Waals surface area contributed by atoms with Crippen molar-refractivity contribution in [2.45, 2.75) is 101 Å². The number of nitrogens with zero attached hydrogens (tertiary/aromatic N) is 1. The lowest BCUT2D eigenvalue weighted by Gasteiger charge is -2.35. The molecule has 0 unspecified atom stereocenters. The first-order valence-electron chi connectivity index (χ1n) is 17.8. The summed E-state index contributed by atoms with van der Waals surface area (Å²) in [4.78, 5) is 56.5. The number of sulfonamides is 1. The molecule has 5 atom stereocenters. The molecule has 2 aliphatic carbocycles. The Morgan fingerprint density at radius 3 is 2.55 bits per heavy atom. The summed E-state index contributed by atoms with van der Waals surface area (Å²) in [6.45, 7) is 9.44. The fraction of sp³-hybridized carbons (Fsp3) is 0.526. The number of benzene rings is 2. The Balaban J connectivity index is 1.34. The van der Waals surface area contributed by atoms with E-state index in [9.17, 15) is 27.6 Å². The van der Waals surface area contributed by atoms with Crippen molar-refractivity contribution in [3.05, 3.63) is 60.7 Å². The van der Waals surface area contributed by atoms with Gasteiger partial charge < -0.3 is 25.0 Å². The number of amides is 4. The molecule has 2 bridgehead atoms. The maximum absolute atomic E-state index is 14.5. The first-order chi connectivity index (χ1) is 24.2. The van der Waals surface area contributed by atoms with Gasteiger partial charge in [-0.15, -0.1) is 6.58 Å². The van der Waals surface area contributed by atoms with Gasteiger partial charge in [-0.25, -0.2) is 13.2 Å². The Kier molecular flexibility index (Phi) is 10.2. The van der Waals surface area contributed by atoms with Crippen molar-refractivity contribution < 1.29 is 37.1 Å². The second kappa shape index (κ2) is 14.3. The third kappa shape index (κ3) is 7.93. The van der Waals surface area contributed by atoms with Crippen LogP contribution in [0.3, 0.4) is 0 Å². The lowest BCUT2D eigenvalue weighted by Crippen LogP contribution is -2.60. The standard InChI is InChI=1S/C38H48N4O8S/c1-5-25-22-38(25,35(45)41-51(47,48)27-17-18-27)40-33(43)30-21-26-23-42(30)34(44)32(37(2,3)4)39-36(46)49-20-12-8-6-7-9-15-29-28-14-11-10-13-24(28)16-19-31(29)50-26/h5,9-11,13-16,19,25-27,30,32H,1,6-8,12,17-18,20-23H2,2-4H3,(H,39,46)(H,40,43)(H,41,45)/t25-,26-,30-,32-,38-/m1/s1. The van der Waals surface area contributed by atoms with Gasteiger partial charge in [-0.2, -0.15) is 0 Å². The predicted molar refractivity (Wildman–Crippen MR) is 193 cm³/mol.